The van der Waals surface area contributed by atoms with Crippen molar-refractivity contribution in [3.8, 4) is 0 Å². The molecular weight excluding hydrogens is 436 g/mol. The SMILES string of the molecule is C/C(=C\c1csc(C)n1)C1C/C=C/CCC[C@H](C)[C@@H](O)[C@@H](C)C(=O)C(C)(C)[C@@H](O)CC(=O)N1. The fraction of sp³-hybridized carbons (Fsp3) is 0.654. The van der Waals surface area contributed by atoms with Crippen molar-refractivity contribution in [1.82, 2.24) is 10.3 Å². The van der Waals surface area contributed by atoms with E-state index in [1.807, 2.05) is 32.2 Å². The molecule has 1 aliphatic heterocycles. The summed E-state index contributed by atoms with van der Waals surface area (Å²) in [4.78, 5) is 30.5. The van der Waals surface area contributed by atoms with Gasteiger partial charge in [0, 0.05) is 11.3 Å². The number of nitrogens with zero attached hydrogens (tertiary/aromatic N) is 1. The van der Waals surface area contributed by atoms with E-state index in [0.717, 1.165) is 35.5 Å². The Labute approximate surface area is 202 Å². The number of aliphatic hydroxyl groups excluding tert-OH is 2. The Kier molecular flexibility index (Phi) is 10.0. The molecule has 0 bridgehead atoms. The minimum Gasteiger partial charge on any atom is -0.392 e. The van der Waals surface area contributed by atoms with E-state index in [1.165, 1.54) is 0 Å². The van der Waals surface area contributed by atoms with Crippen molar-refractivity contribution in [2.75, 3.05) is 0 Å². The third-order valence-corrected chi connectivity index (χ3v) is 7.61. The molecule has 1 aromatic rings. The van der Waals surface area contributed by atoms with E-state index in [1.54, 1.807) is 32.1 Å². The van der Waals surface area contributed by atoms with E-state index in [-0.39, 0.29) is 30.1 Å². The highest BCUT2D eigenvalue weighted by molar-refractivity contribution is 7.09. The largest absolute Gasteiger partial charge is 0.392 e. The second-order valence-electron chi connectivity index (χ2n) is 10.0. The molecule has 0 fully saturated rings. The maximum Gasteiger partial charge on any atom is 0.223 e. The minimum atomic E-state index is -1.15. The molecule has 0 spiro atoms. The molecule has 1 unspecified atom stereocenters. The first kappa shape index (κ1) is 27.4. The van der Waals surface area contributed by atoms with Gasteiger partial charge in [-0.2, -0.15) is 0 Å². The molecule has 5 atom stereocenters. The number of aryl methyl sites for hydroxylation is 1. The Morgan fingerprint density at radius 3 is 2.58 bits per heavy atom. The van der Waals surface area contributed by atoms with Gasteiger partial charge in [-0.1, -0.05) is 39.8 Å². The van der Waals surface area contributed by atoms with Gasteiger partial charge in [-0.25, -0.2) is 4.98 Å². The van der Waals surface area contributed by atoms with Crippen LogP contribution in [0.1, 0.15) is 77.4 Å². The zero-order valence-electron chi connectivity index (χ0n) is 20.8. The molecule has 184 valence electrons. The predicted molar refractivity (Wildman–Crippen MR) is 134 cm³/mol. The summed E-state index contributed by atoms with van der Waals surface area (Å²) in [5, 5.41) is 27.5. The van der Waals surface area contributed by atoms with Crippen molar-refractivity contribution in [2.45, 2.75) is 91.9 Å². The van der Waals surface area contributed by atoms with Crippen LogP contribution in [0.2, 0.25) is 0 Å². The average molecular weight is 477 g/mol. The van der Waals surface area contributed by atoms with Crippen LogP contribution < -0.4 is 5.32 Å². The molecule has 0 aliphatic carbocycles. The summed E-state index contributed by atoms with van der Waals surface area (Å²) < 4.78 is 0. The number of aromatic nitrogens is 1. The molecule has 0 aromatic carbocycles. The number of hydrogen-bond donors (Lipinski definition) is 3. The second-order valence-corrected chi connectivity index (χ2v) is 11.1. The molecule has 33 heavy (non-hydrogen) atoms. The van der Waals surface area contributed by atoms with Crippen molar-refractivity contribution >= 4 is 29.1 Å². The van der Waals surface area contributed by atoms with Crippen molar-refractivity contribution < 1.29 is 19.8 Å². The monoisotopic (exact) mass is 476 g/mol. The average Bonchev–Trinajstić information content (AvgIpc) is 3.16. The van der Waals surface area contributed by atoms with Crippen LogP contribution in [0.4, 0.5) is 0 Å². The summed E-state index contributed by atoms with van der Waals surface area (Å²) >= 11 is 1.58. The van der Waals surface area contributed by atoms with Gasteiger partial charge in [0.05, 0.1) is 40.8 Å². The maximum absolute atomic E-state index is 13.1. The molecule has 1 aromatic heterocycles. The molecule has 0 saturated carbocycles. The molecule has 7 heteroatoms. The summed E-state index contributed by atoms with van der Waals surface area (Å²) in [5.41, 5.74) is 0.704. The topological polar surface area (TPSA) is 99.5 Å². The van der Waals surface area contributed by atoms with Crippen LogP contribution in [0.5, 0.6) is 0 Å². The summed E-state index contributed by atoms with van der Waals surface area (Å²) in [6, 6.07) is -0.227. The van der Waals surface area contributed by atoms with Crippen molar-refractivity contribution in [1.29, 1.82) is 0 Å². The van der Waals surface area contributed by atoms with Gasteiger partial charge >= 0.3 is 0 Å². The molecule has 0 saturated heterocycles. The molecule has 2 heterocycles. The first-order valence-corrected chi connectivity index (χ1v) is 12.8. The number of amides is 1. The van der Waals surface area contributed by atoms with Gasteiger partial charge < -0.3 is 15.5 Å². The quantitative estimate of drug-likeness (QED) is 0.548. The van der Waals surface area contributed by atoms with Gasteiger partial charge in [-0.15, -0.1) is 11.3 Å². The molecule has 3 N–H and O–H groups in total. The second kappa shape index (κ2) is 12.0. The molecule has 2 rings (SSSR count). The van der Waals surface area contributed by atoms with Gasteiger partial charge in [-0.3, -0.25) is 9.59 Å². The number of thiazole rings is 1. The third-order valence-electron chi connectivity index (χ3n) is 6.82. The summed E-state index contributed by atoms with van der Waals surface area (Å²) in [7, 11) is 0. The van der Waals surface area contributed by atoms with E-state index < -0.39 is 23.5 Å². The smallest absolute Gasteiger partial charge is 0.223 e. The first-order valence-electron chi connectivity index (χ1n) is 11.9. The molecule has 1 aliphatic rings. The zero-order chi connectivity index (χ0) is 24.8. The molecule has 1 amide bonds. The van der Waals surface area contributed by atoms with Crippen LogP contribution in [0.25, 0.3) is 6.08 Å². The van der Waals surface area contributed by atoms with Crippen molar-refractivity contribution in [2.24, 2.45) is 17.3 Å². The number of carbonyl (C=O) groups is 2. The lowest BCUT2D eigenvalue weighted by atomic mass is 9.73. The Morgan fingerprint density at radius 1 is 1.24 bits per heavy atom. The normalized spacial score (nSPS) is 31.8. The standard InChI is InChI=1S/C26H40N2O4S/c1-16-11-9-7-8-10-12-21(17(2)13-20-15-33-19(4)27-20)28-23(30)14-22(29)26(5,6)25(32)18(3)24(16)31/h8,10,13,15-16,18,21-22,24,29,31H,7,9,11-12,14H2,1-6H3,(H,28,30)/b10-8+,17-13+/t16-,18+,21?,22-,24+/m0/s1. The lowest BCUT2D eigenvalue weighted by molar-refractivity contribution is -0.143. The third kappa shape index (κ3) is 7.59. The number of Topliss-reactive ketones (excluding diaryl/α,β-unsaturated/α-hetero) is 1. The zero-order valence-corrected chi connectivity index (χ0v) is 21.6. The predicted octanol–water partition coefficient (Wildman–Crippen LogP) is 4.45. The number of aliphatic hydroxyl groups is 2. The molecule has 0 radical (unpaired) electrons. The van der Waals surface area contributed by atoms with Gasteiger partial charge in [0.25, 0.3) is 0 Å². The van der Waals surface area contributed by atoms with Crippen molar-refractivity contribution in [3.63, 3.8) is 0 Å². The summed E-state index contributed by atoms with van der Waals surface area (Å²) in [5.74, 6) is -1.17. The van der Waals surface area contributed by atoms with E-state index in [0.29, 0.717) is 6.42 Å². The highest BCUT2D eigenvalue weighted by Gasteiger charge is 2.42. The van der Waals surface area contributed by atoms with E-state index >= 15 is 0 Å². The summed E-state index contributed by atoms with van der Waals surface area (Å²) in [6.45, 7) is 10.9. The highest BCUT2D eigenvalue weighted by atomic mass is 32.1. The van der Waals surface area contributed by atoms with Gasteiger partial charge in [0.15, 0.2) is 0 Å². The van der Waals surface area contributed by atoms with Crippen LogP contribution >= 0.6 is 11.3 Å². The molecule has 6 nitrogen and oxygen atoms in total. The van der Waals surface area contributed by atoms with Gasteiger partial charge in [-0.05, 0) is 57.1 Å². The maximum atomic E-state index is 13.1. The highest BCUT2D eigenvalue weighted by Crippen LogP contribution is 2.31. The fourth-order valence-corrected chi connectivity index (χ4v) is 4.87. The number of hydrogen-bond acceptors (Lipinski definition) is 6. The number of nitrogens with one attached hydrogen (secondary N) is 1. The number of ketones is 1. The van der Waals surface area contributed by atoms with E-state index in [2.05, 4.69) is 22.5 Å². The van der Waals surface area contributed by atoms with Crippen LogP contribution in [0, 0.1) is 24.2 Å². The Bertz CT molecular complexity index is 873. The Balaban J connectivity index is 2.27. The Hall–Kier alpha value is -1.83. The van der Waals surface area contributed by atoms with Crippen LogP contribution in [-0.2, 0) is 9.59 Å². The number of carbonyl (C=O) groups excluding carboxylic acids is 2. The number of rotatable bonds is 2. The first-order chi connectivity index (χ1) is 15.4. The fourth-order valence-electron chi connectivity index (χ4n) is 4.30. The lowest BCUT2D eigenvalue weighted by Crippen LogP contribution is -2.47. The Morgan fingerprint density at radius 2 is 1.94 bits per heavy atom. The minimum absolute atomic E-state index is 0.0269. The van der Waals surface area contributed by atoms with Crippen molar-refractivity contribution in [3.05, 3.63) is 33.8 Å². The lowest BCUT2D eigenvalue weighted by Gasteiger charge is -2.34. The molecular formula is C26H40N2O4S. The van der Waals surface area contributed by atoms with Gasteiger partial charge in [0.2, 0.25) is 5.91 Å². The van der Waals surface area contributed by atoms with E-state index in [9.17, 15) is 19.8 Å². The van der Waals surface area contributed by atoms with Crippen LogP contribution in [-0.4, -0.2) is 45.1 Å². The summed E-state index contributed by atoms with van der Waals surface area (Å²) in [6.07, 6.45) is 7.29. The van der Waals surface area contributed by atoms with Gasteiger partial charge in [0.1, 0.15) is 5.78 Å². The van der Waals surface area contributed by atoms with Crippen LogP contribution in [0.15, 0.2) is 23.1 Å². The number of allylic oxidation sites excluding steroid dienone is 1. The van der Waals surface area contributed by atoms with Crippen LogP contribution in [0.3, 0.4) is 0 Å². The van der Waals surface area contributed by atoms with E-state index in [4.69, 9.17) is 0 Å².